The Kier molecular flexibility index (Phi) is 15.4. The van der Waals surface area contributed by atoms with E-state index < -0.39 is 0 Å². The molecule has 1 heterocycles. The molecule has 0 bridgehead atoms. The van der Waals surface area contributed by atoms with Crippen molar-refractivity contribution in [1.82, 2.24) is 10.2 Å². The Hall–Kier alpha value is -1.81. The third kappa shape index (κ3) is 9.74. The summed E-state index contributed by atoms with van der Waals surface area (Å²) in [6, 6.07) is 0.685. The van der Waals surface area contributed by atoms with Crippen molar-refractivity contribution in [2.75, 3.05) is 14.1 Å². The number of hydrogen-bond donors (Lipinski definition) is 2. The molecule has 1 aliphatic heterocycles. The van der Waals surface area contributed by atoms with Crippen LogP contribution in [-0.4, -0.2) is 30.9 Å². The van der Waals surface area contributed by atoms with Crippen LogP contribution in [0.15, 0.2) is 54.0 Å². The lowest BCUT2D eigenvalue weighted by Gasteiger charge is -2.25. The molecule has 0 radical (unpaired) electrons. The highest BCUT2D eigenvalue weighted by molar-refractivity contribution is 5.97. The topological polar surface area (TPSA) is 53.6 Å². The number of aliphatic imine (C=N–C) groups is 1. The summed E-state index contributed by atoms with van der Waals surface area (Å²) in [7, 11) is 3.98. The molecule has 0 saturated carbocycles. The Morgan fingerprint density at radius 3 is 2.39 bits per heavy atom. The summed E-state index contributed by atoms with van der Waals surface area (Å²) in [5.74, 6) is 0.577. The van der Waals surface area contributed by atoms with Crippen LogP contribution in [0.25, 0.3) is 0 Å². The Morgan fingerprint density at radius 2 is 2.00 bits per heavy atom. The molecule has 132 valence electrons. The highest BCUT2D eigenvalue weighted by Gasteiger charge is 2.14. The van der Waals surface area contributed by atoms with Gasteiger partial charge < -0.3 is 16.0 Å². The summed E-state index contributed by atoms with van der Waals surface area (Å²) in [5.41, 5.74) is 7.81. The van der Waals surface area contributed by atoms with Gasteiger partial charge in [-0.1, -0.05) is 32.4 Å². The van der Waals surface area contributed by atoms with Crippen molar-refractivity contribution in [1.29, 1.82) is 0 Å². The summed E-state index contributed by atoms with van der Waals surface area (Å²) in [4.78, 5) is 6.21. The van der Waals surface area contributed by atoms with Crippen LogP contribution in [-0.2, 0) is 0 Å². The van der Waals surface area contributed by atoms with Crippen LogP contribution in [0.4, 0.5) is 0 Å². The van der Waals surface area contributed by atoms with Crippen LogP contribution in [0.5, 0.6) is 0 Å². The lowest BCUT2D eigenvalue weighted by atomic mass is 10.2. The fourth-order valence-corrected chi connectivity index (χ4v) is 1.67. The van der Waals surface area contributed by atoms with E-state index in [1.165, 1.54) is 6.42 Å². The normalized spacial score (nSPS) is 16.8. The Labute approximate surface area is 143 Å². The maximum absolute atomic E-state index is 5.77. The first-order valence-electron chi connectivity index (χ1n) is 8.29. The first kappa shape index (κ1) is 23.5. The lowest BCUT2D eigenvalue weighted by Crippen LogP contribution is -2.30. The fraction of sp³-hybridized carbons (Fsp3) is 0.526. The van der Waals surface area contributed by atoms with Crippen LogP contribution >= 0.6 is 0 Å². The summed E-state index contributed by atoms with van der Waals surface area (Å²) in [6.07, 6.45) is 11.5. The average molecular weight is 321 g/mol. The van der Waals surface area contributed by atoms with Crippen LogP contribution < -0.4 is 11.1 Å². The zero-order chi connectivity index (χ0) is 18.3. The molecule has 1 rings (SSSR count). The summed E-state index contributed by atoms with van der Waals surface area (Å²) in [5, 5.41) is 3.11. The van der Waals surface area contributed by atoms with Crippen LogP contribution in [0.1, 0.15) is 47.0 Å². The quantitative estimate of drug-likeness (QED) is 0.747. The number of rotatable bonds is 5. The van der Waals surface area contributed by atoms with Gasteiger partial charge in [0, 0.05) is 13.1 Å². The molecule has 23 heavy (non-hydrogen) atoms. The van der Waals surface area contributed by atoms with Crippen LogP contribution in [0.3, 0.4) is 0 Å². The highest BCUT2D eigenvalue weighted by atomic mass is 15.2. The molecule has 0 amide bonds. The van der Waals surface area contributed by atoms with Gasteiger partial charge in [0.05, 0.1) is 17.6 Å². The molecular weight excluding hydrogens is 284 g/mol. The largest absolute Gasteiger partial charge is 0.382 e. The van der Waals surface area contributed by atoms with Gasteiger partial charge in [-0.05, 0) is 39.8 Å². The predicted octanol–water partition coefficient (Wildman–Crippen LogP) is 4.20. The summed E-state index contributed by atoms with van der Waals surface area (Å²) in [6.45, 7) is 14.5. The van der Waals surface area contributed by atoms with Gasteiger partial charge in [-0.15, -0.1) is 13.2 Å². The van der Waals surface area contributed by atoms with E-state index in [1.807, 2.05) is 27.1 Å². The van der Waals surface area contributed by atoms with Gasteiger partial charge in [-0.25, -0.2) is 4.99 Å². The number of likely N-dealkylation sites (N-methyl/N-ethyl adjacent to an activating group) is 1. The molecule has 0 aromatic rings. The minimum atomic E-state index is 0.577. The van der Waals surface area contributed by atoms with E-state index >= 15 is 0 Å². The van der Waals surface area contributed by atoms with E-state index in [-0.39, 0.29) is 0 Å². The number of amidine groups is 1. The predicted molar refractivity (Wildman–Crippen MR) is 105 cm³/mol. The van der Waals surface area contributed by atoms with Gasteiger partial charge in [-0.3, -0.25) is 0 Å². The molecule has 1 atom stereocenters. The van der Waals surface area contributed by atoms with Gasteiger partial charge in [0.25, 0.3) is 0 Å². The number of unbranched alkanes of at least 4 members (excludes halogenated alkanes) is 1. The van der Waals surface area contributed by atoms with Crippen molar-refractivity contribution in [3.05, 3.63) is 49.0 Å². The van der Waals surface area contributed by atoms with Crippen molar-refractivity contribution in [3.63, 3.8) is 0 Å². The third-order valence-corrected chi connectivity index (χ3v) is 3.47. The van der Waals surface area contributed by atoms with Gasteiger partial charge in [-0.2, -0.15) is 0 Å². The zero-order valence-electron chi connectivity index (χ0n) is 15.9. The summed E-state index contributed by atoms with van der Waals surface area (Å²) >= 11 is 0. The molecule has 4 nitrogen and oxygen atoms in total. The molecule has 0 unspecified atom stereocenters. The van der Waals surface area contributed by atoms with E-state index in [2.05, 4.69) is 61.3 Å². The number of nitrogens with zero attached hydrogens (tertiary/aromatic N) is 2. The molecular formula is C19H36N4. The maximum Gasteiger partial charge on any atom is 0.147 e. The van der Waals surface area contributed by atoms with E-state index in [1.54, 1.807) is 6.20 Å². The van der Waals surface area contributed by atoms with Gasteiger partial charge >= 0.3 is 0 Å². The number of nitrogens with two attached hydrogens (primary N) is 1. The van der Waals surface area contributed by atoms with Gasteiger partial charge in [0.15, 0.2) is 0 Å². The van der Waals surface area contributed by atoms with Crippen molar-refractivity contribution >= 4 is 5.84 Å². The zero-order valence-corrected chi connectivity index (χ0v) is 15.9. The molecule has 3 N–H and O–H groups in total. The fourth-order valence-electron chi connectivity index (χ4n) is 1.67. The lowest BCUT2D eigenvalue weighted by molar-refractivity contribution is 0.552. The van der Waals surface area contributed by atoms with Crippen molar-refractivity contribution in [3.8, 4) is 0 Å². The average Bonchev–Trinajstić information content (AvgIpc) is 2.59. The summed E-state index contributed by atoms with van der Waals surface area (Å²) < 4.78 is 0. The van der Waals surface area contributed by atoms with E-state index in [9.17, 15) is 0 Å². The molecule has 0 spiro atoms. The van der Waals surface area contributed by atoms with E-state index in [0.29, 0.717) is 11.9 Å². The van der Waals surface area contributed by atoms with Crippen molar-refractivity contribution in [2.24, 2.45) is 10.7 Å². The second kappa shape index (κ2) is 15.1. The smallest absolute Gasteiger partial charge is 0.147 e. The number of nitrogens with one attached hydrogen (secondary N) is 1. The molecule has 0 aromatic carbocycles. The third-order valence-electron chi connectivity index (χ3n) is 3.47. The minimum absolute atomic E-state index is 0.577. The number of allylic oxidation sites excluding steroid dienone is 3. The van der Waals surface area contributed by atoms with E-state index in [0.717, 1.165) is 24.2 Å². The Morgan fingerprint density at radius 1 is 1.39 bits per heavy atom. The van der Waals surface area contributed by atoms with Crippen LogP contribution in [0.2, 0.25) is 0 Å². The molecule has 0 aromatic heterocycles. The van der Waals surface area contributed by atoms with Gasteiger partial charge in [0.2, 0.25) is 0 Å². The van der Waals surface area contributed by atoms with Gasteiger partial charge in [0.1, 0.15) is 5.84 Å². The second-order valence-electron chi connectivity index (χ2n) is 5.09. The Bertz CT molecular complexity index is 415. The molecule has 1 aliphatic rings. The molecule has 0 fully saturated rings. The molecule has 0 aliphatic carbocycles. The SMILES string of the molecule is C/C=C1\C(N)=NC=C(/C=C/CCC)N1C.C=C.CC[C@@H](C)NC. The minimum Gasteiger partial charge on any atom is -0.382 e. The van der Waals surface area contributed by atoms with Crippen molar-refractivity contribution in [2.45, 2.75) is 53.0 Å². The van der Waals surface area contributed by atoms with E-state index in [4.69, 9.17) is 5.73 Å². The van der Waals surface area contributed by atoms with Crippen molar-refractivity contribution < 1.29 is 0 Å². The maximum atomic E-state index is 5.77. The number of hydrogen-bond acceptors (Lipinski definition) is 4. The monoisotopic (exact) mass is 320 g/mol. The first-order valence-corrected chi connectivity index (χ1v) is 8.29. The molecule has 4 heteroatoms. The standard InChI is InChI=1S/C12H19N3.C5H13N.C2H4/c1-4-6-7-8-10-9-14-12(13)11(5-2)15(10)3;1-4-5(2)6-3;1-2/h5,7-9H,4,6H2,1-3H3,(H2,13,14);5-6H,4H2,1-3H3;1-2H2/b8-7+,11-5+;;/t;5-;/m.1./s1. The van der Waals surface area contributed by atoms with Crippen LogP contribution in [0, 0.1) is 0 Å². The highest BCUT2D eigenvalue weighted by Crippen LogP contribution is 2.17. The molecule has 0 saturated heterocycles. The second-order valence-corrected chi connectivity index (χ2v) is 5.09. The Balaban J connectivity index is 0. The first-order chi connectivity index (χ1) is 11.0.